The van der Waals surface area contributed by atoms with E-state index in [4.69, 9.17) is 4.74 Å². The van der Waals surface area contributed by atoms with Gasteiger partial charge in [-0.05, 0) is 48.9 Å². The van der Waals surface area contributed by atoms with Gasteiger partial charge in [0.1, 0.15) is 30.1 Å². The van der Waals surface area contributed by atoms with Crippen molar-refractivity contribution < 1.29 is 36.1 Å². The Morgan fingerprint density at radius 1 is 1.07 bits per heavy atom. The van der Waals surface area contributed by atoms with Crippen LogP contribution in [-0.2, 0) is 14.8 Å². The Morgan fingerprint density at radius 3 is 2.39 bits per heavy atom. The van der Waals surface area contributed by atoms with E-state index in [0.29, 0.717) is 28.3 Å². The maximum Gasteiger partial charge on any atom is 0.530 e. The molecule has 6 rings (SSSR count). The summed E-state index contributed by atoms with van der Waals surface area (Å²) in [6.45, 7) is 1.13. The van der Waals surface area contributed by atoms with E-state index >= 15 is 4.39 Å². The SMILES string of the molecule is CCOc1ccccc1C1C(C2C(=O)Nc3ccccc32)[N+](C(=O)O)(S(=O)(=O)c2ccccc2F)CC(C#N)N1c1ccncc1. The summed E-state index contributed by atoms with van der Waals surface area (Å²) in [7, 11) is -5.23. The van der Waals surface area contributed by atoms with Gasteiger partial charge < -0.3 is 20.1 Å². The van der Waals surface area contributed by atoms with Gasteiger partial charge in [0.25, 0.3) is 0 Å². The van der Waals surface area contributed by atoms with Crippen LogP contribution in [0.5, 0.6) is 5.75 Å². The summed E-state index contributed by atoms with van der Waals surface area (Å²) in [5.41, 5.74) is 1.53. The summed E-state index contributed by atoms with van der Waals surface area (Å²) in [4.78, 5) is 32.7. The predicted octanol–water partition coefficient (Wildman–Crippen LogP) is 5.06. The van der Waals surface area contributed by atoms with E-state index in [9.17, 15) is 28.4 Å². The van der Waals surface area contributed by atoms with Gasteiger partial charge in [0, 0.05) is 29.3 Å². The van der Waals surface area contributed by atoms with Crippen molar-refractivity contribution in [2.75, 3.05) is 23.4 Å². The number of sulfonamides is 1. The lowest BCUT2D eigenvalue weighted by Gasteiger charge is -2.53. The highest BCUT2D eigenvalue weighted by molar-refractivity contribution is 7.86. The van der Waals surface area contributed by atoms with Crippen LogP contribution in [0, 0.1) is 17.1 Å². The minimum absolute atomic E-state index is 0.213. The first-order valence-corrected chi connectivity index (χ1v) is 15.9. The number of aromatic nitrogens is 1. The average Bonchev–Trinajstić information content (AvgIpc) is 3.39. The number of pyridine rings is 1. The fourth-order valence-corrected chi connectivity index (χ4v) is 8.77. The standard InChI is InChI=1S/C33H28FN5O6S/c1-2-45-27-13-7-4-10-24(27)30-31(29-23-9-3-6-12-26(23)37-32(29)40)39(33(41)42,46(43,44)28-14-8-5-11-25(28)34)20-22(19-35)38(30)21-15-17-36-18-16-21/h3-18,22,29-31H,2,20H2,1H3,(H-,37,40,41,42)/p+1. The Morgan fingerprint density at radius 2 is 1.72 bits per heavy atom. The average molecular weight is 643 g/mol. The molecule has 2 amide bonds. The van der Waals surface area contributed by atoms with Crippen LogP contribution >= 0.6 is 0 Å². The van der Waals surface area contributed by atoms with Crippen molar-refractivity contribution >= 4 is 33.4 Å². The van der Waals surface area contributed by atoms with Gasteiger partial charge >= 0.3 is 16.1 Å². The molecule has 46 heavy (non-hydrogen) atoms. The predicted molar refractivity (Wildman–Crippen MR) is 165 cm³/mol. The van der Waals surface area contributed by atoms with Crippen molar-refractivity contribution in [1.82, 2.24) is 4.98 Å². The molecule has 234 valence electrons. The second-order valence-electron chi connectivity index (χ2n) is 10.9. The topological polar surface area (TPSA) is 150 Å². The fourth-order valence-electron chi connectivity index (χ4n) is 6.75. The summed E-state index contributed by atoms with van der Waals surface area (Å²) < 4.78 is 49.4. The molecule has 0 radical (unpaired) electrons. The van der Waals surface area contributed by atoms with Crippen LogP contribution in [0.15, 0.2) is 102 Å². The highest BCUT2D eigenvalue weighted by Crippen LogP contribution is 2.53. The van der Waals surface area contributed by atoms with Gasteiger partial charge in [-0.2, -0.15) is 18.5 Å². The molecule has 1 saturated heterocycles. The number of amides is 2. The van der Waals surface area contributed by atoms with Crippen molar-refractivity contribution in [2.24, 2.45) is 0 Å². The highest BCUT2D eigenvalue weighted by atomic mass is 32.2. The molecule has 3 aromatic carbocycles. The minimum Gasteiger partial charge on any atom is -0.494 e. The molecule has 1 fully saturated rings. The smallest absolute Gasteiger partial charge is 0.494 e. The Kier molecular flexibility index (Phi) is 7.93. The largest absolute Gasteiger partial charge is 0.530 e. The van der Waals surface area contributed by atoms with Gasteiger partial charge in [0.05, 0.1) is 12.7 Å². The van der Waals surface area contributed by atoms with E-state index in [1.54, 1.807) is 72.5 Å². The van der Waals surface area contributed by atoms with E-state index < -0.39 is 67.2 Å². The first-order chi connectivity index (χ1) is 22.2. The van der Waals surface area contributed by atoms with Crippen molar-refractivity contribution in [3.63, 3.8) is 0 Å². The number of quaternary nitrogens is 1. The molecule has 2 aliphatic heterocycles. The van der Waals surface area contributed by atoms with Gasteiger partial charge in [-0.15, -0.1) is 3.89 Å². The second-order valence-corrected chi connectivity index (χ2v) is 12.9. The first kappa shape index (κ1) is 30.7. The third-order valence-electron chi connectivity index (χ3n) is 8.58. The monoisotopic (exact) mass is 642 g/mol. The number of ether oxygens (including phenoxy) is 1. The van der Waals surface area contributed by atoms with E-state index in [-0.39, 0.29) is 6.61 Å². The van der Waals surface area contributed by atoms with E-state index in [2.05, 4.69) is 16.4 Å². The summed E-state index contributed by atoms with van der Waals surface area (Å²) in [6.07, 6.45) is 1.12. The zero-order valence-electron chi connectivity index (χ0n) is 24.5. The number of nitrogens with zero attached hydrogens (tertiary/aromatic N) is 4. The molecule has 5 unspecified atom stereocenters. The zero-order valence-corrected chi connectivity index (χ0v) is 25.3. The molecule has 0 aliphatic carbocycles. The van der Waals surface area contributed by atoms with Gasteiger partial charge in [-0.1, -0.05) is 48.5 Å². The molecular weight excluding hydrogens is 613 g/mol. The number of anilines is 2. The molecule has 1 aromatic heterocycles. The van der Waals surface area contributed by atoms with Crippen molar-refractivity contribution in [3.05, 3.63) is 114 Å². The number of nitrogens with one attached hydrogen (secondary N) is 1. The number of piperazine rings is 1. The normalized spacial score (nSPS) is 24.0. The number of hydrogen-bond acceptors (Lipinski definition) is 8. The number of fused-ring (bicyclic) bond motifs is 1. The van der Waals surface area contributed by atoms with Crippen molar-refractivity contribution in [2.45, 2.75) is 35.9 Å². The quantitative estimate of drug-likeness (QED) is 0.264. The van der Waals surface area contributed by atoms with Crippen LogP contribution in [0.1, 0.15) is 30.0 Å². The molecule has 3 heterocycles. The van der Waals surface area contributed by atoms with E-state index in [1.807, 2.05) is 0 Å². The maximum atomic E-state index is 15.4. The molecule has 13 heteroatoms. The number of carboxylic acid groups (broad SMARTS) is 1. The first-order valence-electron chi connectivity index (χ1n) is 14.5. The Hall–Kier alpha value is -5.32. The number of rotatable bonds is 7. The van der Waals surface area contributed by atoms with Crippen LogP contribution < -0.4 is 15.0 Å². The number of nitriles is 1. The lowest BCUT2D eigenvalue weighted by atomic mass is 9.80. The van der Waals surface area contributed by atoms with Crippen LogP contribution in [0.3, 0.4) is 0 Å². The number of halogens is 1. The molecule has 2 aliphatic rings. The zero-order chi connectivity index (χ0) is 32.6. The Balaban J connectivity index is 1.77. The van der Waals surface area contributed by atoms with Crippen LogP contribution in [0.2, 0.25) is 0 Å². The highest BCUT2D eigenvalue weighted by Gasteiger charge is 2.69. The lowest BCUT2D eigenvalue weighted by molar-refractivity contribution is -0.770. The van der Waals surface area contributed by atoms with Crippen LogP contribution in [-0.4, -0.2) is 59.6 Å². The van der Waals surface area contributed by atoms with Gasteiger partial charge in [-0.3, -0.25) is 9.78 Å². The van der Waals surface area contributed by atoms with Crippen LogP contribution in [0.4, 0.5) is 20.6 Å². The third-order valence-corrected chi connectivity index (χ3v) is 10.9. The molecule has 0 bridgehead atoms. The van der Waals surface area contributed by atoms with E-state index in [0.717, 1.165) is 12.1 Å². The van der Waals surface area contributed by atoms with Crippen molar-refractivity contribution in [1.29, 1.82) is 5.26 Å². The number of para-hydroxylation sites is 2. The minimum atomic E-state index is -5.23. The Bertz CT molecular complexity index is 1970. The molecule has 0 spiro atoms. The molecule has 0 saturated carbocycles. The van der Waals surface area contributed by atoms with Crippen molar-refractivity contribution in [3.8, 4) is 11.8 Å². The molecule has 11 nitrogen and oxygen atoms in total. The molecule has 2 N–H and O–H groups in total. The summed E-state index contributed by atoms with van der Waals surface area (Å²) in [5, 5.41) is 24.6. The molecular formula is C33H29FN5O6S+. The number of carbonyl (C=O) groups excluding carboxylic acids is 1. The Labute approximate surface area is 264 Å². The third kappa shape index (κ3) is 4.65. The van der Waals surface area contributed by atoms with E-state index in [1.165, 1.54) is 24.5 Å². The number of carbonyl (C=O) groups is 2. The van der Waals surface area contributed by atoms with Gasteiger partial charge in [0.15, 0.2) is 17.0 Å². The summed E-state index contributed by atoms with van der Waals surface area (Å²) in [6, 6.07) is 18.8. The second kappa shape index (κ2) is 11.9. The molecule has 4 aromatic rings. The molecule has 5 atom stereocenters. The van der Waals surface area contributed by atoms with Crippen LogP contribution in [0.25, 0.3) is 0 Å². The summed E-state index contributed by atoms with van der Waals surface area (Å²) >= 11 is 0. The summed E-state index contributed by atoms with van der Waals surface area (Å²) in [5.74, 6) is -2.87. The fraction of sp³-hybridized carbons (Fsp3) is 0.212. The maximum absolute atomic E-state index is 15.4. The van der Waals surface area contributed by atoms with Gasteiger partial charge in [-0.25, -0.2) is 4.39 Å². The number of hydrogen-bond donors (Lipinski definition) is 2. The van der Waals surface area contributed by atoms with Gasteiger partial charge in [0.2, 0.25) is 5.91 Å². The lowest BCUT2D eigenvalue weighted by Crippen LogP contribution is -2.75. The number of benzene rings is 3.